The summed E-state index contributed by atoms with van der Waals surface area (Å²) in [4.78, 5) is 13.2. The maximum atomic E-state index is 12.5. The van der Waals surface area contributed by atoms with Crippen molar-refractivity contribution in [1.82, 2.24) is 10.3 Å². The molecule has 60 valence electrons. The van der Waals surface area contributed by atoms with Gasteiger partial charge >= 0.3 is 0 Å². The van der Waals surface area contributed by atoms with E-state index in [2.05, 4.69) is 10.3 Å². The van der Waals surface area contributed by atoms with E-state index in [0.717, 1.165) is 6.20 Å². The van der Waals surface area contributed by atoms with Crippen LogP contribution in [-0.2, 0) is 6.54 Å². The summed E-state index contributed by atoms with van der Waals surface area (Å²) in [5, 5.41) is 2.77. The second-order valence-electron chi connectivity index (χ2n) is 2.20. The van der Waals surface area contributed by atoms with E-state index in [1.807, 2.05) is 0 Å². The molecular formula is C7H9FN2O. The van der Waals surface area contributed by atoms with Crippen molar-refractivity contribution in [3.63, 3.8) is 0 Å². The Morgan fingerprint density at radius 1 is 1.73 bits per heavy atom. The van der Waals surface area contributed by atoms with E-state index in [1.54, 1.807) is 7.05 Å². The Morgan fingerprint density at radius 3 is 3.09 bits per heavy atom. The molecule has 0 bridgehead atoms. The highest BCUT2D eigenvalue weighted by Crippen LogP contribution is 1.94. The smallest absolute Gasteiger partial charge is 0.252 e. The molecule has 0 saturated carbocycles. The molecule has 0 unspecified atom stereocenters. The van der Waals surface area contributed by atoms with Gasteiger partial charge in [-0.1, -0.05) is 0 Å². The summed E-state index contributed by atoms with van der Waals surface area (Å²) < 4.78 is 12.5. The van der Waals surface area contributed by atoms with Crippen LogP contribution in [0, 0.1) is 5.82 Å². The lowest BCUT2D eigenvalue weighted by atomic mass is 10.3. The number of hydrogen-bond donors (Lipinski definition) is 2. The third-order valence-electron chi connectivity index (χ3n) is 1.31. The second kappa shape index (κ2) is 3.30. The van der Waals surface area contributed by atoms with Crippen molar-refractivity contribution in [2.45, 2.75) is 6.54 Å². The van der Waals surface area contributed by atoms with Crippen molar-refractivity contribution >= 4 is 0 Å². The number of rotatable bonds is 2. The molecular weight excluding hydrogens is 147 g/mol. The fourth-order valence-corrected chi connectivity index (χ4v) is 0.823. The van der Waals surface area contributed by atoms with E-state index in [-0.39, 0.29) is 5.56 Å². The molecule has 0 aliphatic rings. The second-order valence-corrected chi connectivity index (χ2v) is 2.20. The van der Waals surface area contributed by atoms with Crippen LogP contribution in [-0.4, -0.2) is 12.0 Å². The van der Waals surface area contributed by atoms with E-state index >= 15 is 0 Å². The Hall–Kier alpha value is -1.16. The van der Waals surface area contributed by atoms with Crippen molar-refractivity contribution in [3.05, 3.63) is 34.0 Å². The lowest BCUT2D eigenvalue weighted by Crippen LogP contribution is -2.18. The van der Waals surface area contributed by atoms with Gasteiger partial charge < -0.3 is 10.3 Å². The quantitative estimate of drug-likeness (QED) is 0.644. The normalized spacial score (nSPS) is 10.0. The van der Waals surface area contributed by atoms with Crippen LogP contribution in [0.3, 0.4) is 0 Å². The van der Waals surface area contributed by atoms with Gasteiger partial charge in [0.1, 0.15) is 5.82 Å². The van der Waals surface area contributed by atoms with Crippen LogP contribution in [0.2, 0.25) is 0 Å². The van der Waals surface area contributed by atoms with Crippen molar-refractivity contribution < 1.29 is 4.39 Å². The van der Waals surface area contributed by atoms with Crippen molar-refractivity contribution in [1.29, 1.82) is 0 Å². The van der Waals surface area contributed by atoms with Gasteiger partial charge in [-0.3, -0.25) is 4.79 Å². The highest BCUT2D eigenvalue weighted by Gasteiger charge is 1.98. The lowest BCUT2D eigenvalue weighted by Gasteiger charge is -1.96. The fourth-order valence-electron chi connectivity index (χ4n) is 0.823. The Bertz CT molecular complexity index is 295. The van der Waals surface area contributed by atoms with Gasteiger partial charge in [-0.05, 0) is 13.1 Å². The van der Waals surface area contributed by atoms with E-state index in [9.17, 15) is 9.18 Å². The van der Waals surface area contributed by atoms with Gasteiger partial charge in [0.25, 0.3) is 5.56 Å². The molecule has 1 heterocycles. The molecule has 0 aliphatic heterocycles. The first kappa shape index (κ1) is 7.94. The molecule has 4 heteroatoms. The summed E-state index contributed by atoms with van der Waals surface area (Å²) >= 11 is 0. The number of pyridine rings is 1. The summed E-state index contributed by atoms with van der Waals surface area (Å²) in [6, 6.07) is 1.22. The first-order valence-corrected chi connectivity index (χ1v) is 3.25. The van der Waals surface area contributed by atoms with Gasteiger partial charge in [0, 0.05) is 18.3 Å². The summed E-state index contributed by atoms with van der Waals surface area (Å²) in [6.07, 6.45) is 1.04. The molecule has 0 spiro atoms. The molecule has 1 aromatic heterocycles. The minimum Gasteiger partial charge on any atom is -0.326 e. The number of aromatic nitrogens is 1. The van der Waals surface area contributed by atoms with Crippen LogP contribution >= 0.6 is 0 Å². The van der Waals surface area contributed by atoms with Crippen molar-refractivity contribution in [2.75, 3.05) is 7.05 Å². The maximum Gasteiger partial charge on any atom is 0.252 e. The molecule has 0 fully saturated rings. The molecule has 3 nitrogen and oxygen atoms in total. The third-order valence-corrected chi connectivity index (χ3v) is 1.31. The zero-order valence-corrected chi connectivity index (χ0v) is 6.15. The summed E-state index contributed by atoms with van der Waals surface area (Å²) in [7, 11) is 1.70. The van der Waals surface area contributed by atoms with Crippen LogP contribution in [0.5, 0.6) is 0 Å². The number of aromatic amines is 1. The molecule has 0 saturated heterocycles. The highest BCUT2D eigenvalue weighted by molar-refractivity contribution is 5.09. The highest BCUT2D eigenvalue weighted by atomic mass is 19.1. The molecule has 0 amide bonds. The molecule has 0 atom stereocenters. The zero-order chi connectivity index (χ0) is 8.27. The van der Waals surface area contributed by atoms with E-state index in [0.29, 0.717) is 12.1 Å². The maximum absolute atomic E-state index is 12.5. The van der Waals surface area contributed by atoms with Crippen LogP contribution in [0.15, 0.2) is 17.1 Å². The molecule has 2 N–H and O–H groups in total. The Kier molecular flexibility index (Phi) is 2.38. The largest absolute Gasteiger partial charge is 0.326 e. The first-order chi connectivity index (χ1) is 5.24. The first-order valence-electron chi connectivity index (χ1n) is 3.25. The Labute approximate surface area is 63.3 Å². The summed E-state index contributed by atoms with van der Waals surface area (Å²) in [5.74, 6) is -0.421. The minimum absolute atomic E-state index is 0.249. The minimum atomic E-state index is -0.421. The monoisotopic (exact) mass is 156 g/mol. The number of halogens is 1. The molecule has 0 aliphatic carbocycles. The summed E-state index contributed by atoms with van der Waals surface area (Å²) in [6.45, 7) is 0.382. The van der Waals surface area contributed by atoms with Crippen molar-refractivity contribution in [3.8, 4) is 0 Å². The van der Waals surface area contributed by atoms with Gasteiger partial charge in [0.15, 0.2) is 0 Å². The predicted molar refractivity (Wildman–Crippen MR) is 39.8 cm³/mol. The van der Waals surface area contributed by atoms with Gasteiger partial charge in [-0.2, -0.15) is 0 Å². The number of H-pyrrole nitrogens is 1. The van der Waals surface area contributed by atoms with Gasteiger partial charge in [-0.25, -0.2) is 4.39 Å². The predicted octanol–water partition coefficient (Wildman–Crippen LogP) is 0.233. The molecule has 0 radical (unpaired) electrons. The lowest BCUT2D eigenvalue weighted by molar-refractivity contribution is 0.614. The van der Waals surface area contributed by atoms with Gasteiger partial charge in [0.2, 0.25) is 0 Å². The molecule has 0 aromatic carbocycles. The average molecular weight is 156 g/mol. The Balaban J connectivity index is 3.03. The zero-order valence-electron chi connectivity index (χ0n) is 6.15. The third kappa shape index (κ3) is 1.88. The van der Waals surface area contributed by atoms with Crippen LogP contribution in [0.1, 0.15) is 5.56 Å². The Morgan fingerprint density at radius 2 is 2.45 bits per heavy atom. The van der Waals surface area contributed by atoms with Crippen LogP contribution < -0.4 is 10.9 Å². The van der Waals surface area contributed by atoms with Crippen molar-refractivity contribution in [2.24, 2.45) is 0 Å². The number of nitrogens with one attached hydrogen (secondary N) is 2. The van der Waals surface area contributed by atoms with E-state index in [1.165, 1.54) is 6.07 Å². The van der Waals surface area contributed by atoms with Gasteiger partial charge in [-0.15, -0.1) is 0 Å². The van der Waals surface area contributed by atoms with Crippen LogP contribution in [0.25, 0.3) is 0 Å². The van der Waals surface area contributed by atoms with Crippen LogP contribution in [0.4, 0.5) is 4.39 Å². The van der Waals surface area contributed by atoms with E-state index < -0.39 is 5.82 Å². The fraction of sp³-hybridized carbons (Fsp3) is 0.286. The molecule has 1 aromatic rings. The molecule has 11 heavy (non-hydrogen) atoms. The van der Waals surface area contributed by atoms with Gasteiger partial charge in [0.05, 0.1) is 0 Å². The average Bonchev–Trinajstić information content (AvgIpc) is 1.98. The standard InChI is InChI=1S/C7H9FN2O/c1-9-3-5-2-6(8)4-10-7(5)11/h2,4,9H,3H2,1H3,(H,10,11). The van der Waals surface area contributed by atoms with E-state index in [4.69, 9.17) is 0 Å². The topological polar surface area (TPSA) is 44.9 Å². The molecule has 1 rings (SSSR count). The SMILES string of the molecule is CNCc1cc(F)c[nH]c1=O. The summed E-state index contributed by atoms with van der Waals surface area (Å²) in [5.41, 5.74) is 0.160. The number of hydrogen-bond acceptors (Lipinski definition) is 2.